The maximum Gasteiger partial charge on any atom is 0.126 e. The predicted octanol–water partition coefficient (Wildman–Crippen LogP) is 4.68. The second kappa shape index (κ2) is 6.24. The van der Waals surface area contributed by atoms with Crippen LogP contribution in [0.3, 0.4) is 0 Å². The van der Waals surface area contributed by atoms with Crippen molar-refractivity contribution in [3.63, 3.8) is 0 Å². The van der Waals surface area contributed by atoms with E-state index < -0.39 is 0 Å². The zero-order valence-corrected chi connectivity index (χ0v) is 13.7. The molecule has 0 saturated carbocycles. The molecular formula is C21H16N2O2. The van der Waals surface area contributed by atoms with E-state index in [0.717, 1.165) is 38.8 Å². The topological polar surface area (TPSA) is 55.2 Å². The van der Waals surface area contributed by atoms with Crippen molar-refractivity contribution in [2.45, 2.75) is 0 Å². The van der Waals surface area contributed by atoms with Gasteiger partial charge in [-0.1, -0.05) is 36.4 Å². The molecule has 4 aromatic rings. The molecule has 0 amide bonds. The van der Waals surface area contributed by atoms with Gasteiger partial charge in [0.15, 0.2) is 0 Å². The van der Waals surface area contributed by atoms with Crippen molar-refractivity contribution in [3.05, 3.63) is 73.3 Å². The molecule has 0 atom stereocenters. The van der Waals surface area contributed by atoms with Crippen LogP contribution in [0.5, 0.6) is 11.5 Å². The van der Waals surface area contributed by atoms with Crippen LogP contribution in [-0.4, -0.2) is 22.2 Å². The summed E-state index contributed by atoms with van der Waals surface area (Å²) in [5.41, 5.74) is 3.62. The van der Waals surface area contributed by atoms with Gasteiger partial charge >= 0.3 is 0 Å². The number of aromatic hydroxyl groups is 1. The summed E-state index contributed by atoms with van der Waals surface area (Å²) in [6.07, 6.45) is 4.89. The average Bonchev–Trinajstić information content (AvgIpc) is 2.68. The second-order valence-electron chi connectivity index (χ2n) is 5.72. The molecule has 4 nitrogen and oxygen atoms in total. The summed E-state index contributed by atoms with van der Waals surface area (Å²) in [6.45, 7) is 0. The van der Waals surface area contributed by atoms with Gasteiger partial charge < -0.3 is 9.84 Å². The monoisotopic (exact) mass is 328 g/mol. The Morgan fingerprint density at radius 2 is 1.68 bits per heavy atom. The Morgan fingerprint density at radius 1 is 0.880 bits per heavy atom. The average molecular weight is 328 g/mol. The van der Waals surface area contributed by atoms with Crippen molar-refractivity contribution >= 4 is 10.8 Å². The SMILES string of the molecule is COc1ccccc1-c1ccc2c(-c3cncnc3)c(O)ccc2c1. The minimum absolute atomic E-state index is 0.215. The number of aromatic nitrogens is 2. The smallest absolute Gasteiger partial charge is 0.126 e. The number of hydrogen-bond acceptors (Lipinski definition) is 4. The lowest BCUT2D eigenvalue weighted by molar-refractivity contribution is 0.416. The summed E-state index contributed by atoms with van der Waals surface area (Å²) in [5, 5.41) is 12.3. The molecule has 0 spiro atoms. The fraction of sp³-hybridized carbons (Fsp3) is 0.0476. The van der Waals surface area contributed by atoms with Crippen LogP contribution in [0, 0.1) is 0 Å². The standard InChI is InChI=1S/C21H16N2O2/c1-25-20-5-3-2-4-17(20)14-6-8-18-15(10-14)7-9-19(24)21(18)16-11-22-13-23-12-16/h2-13,24H,1H3. The van der Waals surface area contributed by atoms with Crippen LogP contribution in [-0.2, 0) is 0 Å². The third kappa shape index (κ3) is 2.68. The molecular weight excluding hydrogens is 312 g/mol. The van der Waals surface area contributed by atoms with Gasteiger partial charge in [0.1, 0.15) is 17.8 Å². The van der Waals surface area contributed by atoms with Crippen molar-refractivity contribution in [1.82, 2.24) is 9.97 Å². The van der Waals surface area contributed by atoms with Crippen LogP contribution in [0.1, 0.15) is 0 Å². The molecule has 4 rings (SSSR count). The summed E-state index contributed by atoms with van der Waals surface area (Å²) < 4.78 is 5.47. The lowest BCUT2D eigenvalue weighted by Crippen LogP contribution is -1.89. The van der Waals surface area contributed by atoms with E-state index in [4.69, 9.17) is 4.74 Å². The normalized spacial score (nSPS) is 10.8. The third-order valence-electron chi connectivity index (χ3n) is 4.27. The van der Waals surface area contributed by atoms with Crippen LogP contribution in [0.15, 0.2) is 73.3 Å². The highest BCUT2D eigenvalue weighted by molar-refractivity contribution is 6.01. The van der Waals surface area contributed by atoms with E-state index in [1.807, 2.05) is 42.5 Å². The van der Waals surface area contributed by atoms with Crippen LogP contribution in [0.4, 0.5) is 0 Å². The van der Waals surface area contributed by atoms with Crippen molar-refractivity contribution in [2.24, 2.45) is 0 Å². The molecule has 122 valence electrons. The number of ether oxygens (including phenoxy) is 1. The molecule has 25 heavy (non-hydrogen) atoms. The second-order valence-corrected chi connectivity index (χ2v) is 5.72. The summed E-state index contributed by atoms with van der Waals surface area (Å²) in [5.74, 6) is 1.05. The number of phenolic OH excluding ortho intramolecular Hbond substituents is 1. The van der Waals surface area contributed by atoms with Crippen molar-refractivity contribution in [3.8, 4) is 33.8 Å². The molecule has 0 fully saturated rings. The molecule has 0 unspecified atom stereocenters. The van der Waals surface area contributed by atoms with Crippen molar-refractivity contribution in [1.29, 1.82) is 0 Å². The quantitative estimate of drug-likeness (QED) is 0.593. The van der Waals surface area contributed by atoms with Gasteiger partial charge in [-0.25, -0.2) is 9.97 Å². The Bertz CT molecular complexity index is 1050. The first-order valence-corrected chi connectivity index (χ1v) is 7.92. The van der Waals surface area contributed by atoms with Crippen LogP contribution < -0.4 is 4.74 Å². The highest BCUT2D eigenvalue weighted by Gasteiger charge is 2.12. The zero-order valence-electron chi connectivity index (χ0n) is 13.7. The summed E-state index contributed by atoms with van der Waals surface area (Å²) in [7, 11) is 1.67. The Labute approximate surface area is 145 Å². The van der Waals surface area contributed by atoms with E-state index in [1.54, 1.807) is 25.6 Å². The lowest BCUT2D eigenvalue weighted by Gasteiger charge is -2.12. The minimum Gasteiger partial charge on any atom is -0.507 e. The van der Waals surface area contributed by atoms with Crippen LogP contribution in [0.25, 0.3) is 33.0 Å². The molecule has 1 aromatic heterocycles. The molecule has 0 aliphatic carbocycles. The van der Waals surface area contributed by atoms with Gasteiger partial charge in [-0.05, 0) is 34.5 Å². The highest BCUT2D eigenvalue weighted by Crippen LogP contribution is 2.38. The molecule has 0 aliphatic heterocycles. The molecule has 4 heteroatoms. The minimum atomic E-state index is 0.215. The number of nitrogens with zero attached hydrogens (tertiary/aromatic N) is 2. The van der Waals surface area contributed by atoms with E-state index in [9.17, 15) is 5.11 Å². The molecule has 0 bridgehead atoms. The zero-order chi connectivity index (χ0) is 17.2. The predicted molar refractivity (Wildman–Crippen MR) is 98.6 cm³/mol. The number of fused-ring (bicyclic) bond motifs is 1. The molecule has 1 N–H and O–H groups in total. The number of rotatable bonds is 3. The van der Waals surface area contributed by atoms with E-state index >= 15 is 0 Å². The van der Waals surface area contributed by atoms with E-state index in [1.165, 1.54) is 6.33 Å². The van der Waals surface area contributed by atoms with Gasteiger partial charge in [0.05, 0.1) is 7.11 Å². The Kier molecular flexibility index (Phi) is 3.78. The van der Waals surface area contributed by atoms with Crippen molar-refractivity contribution < 1.29 is 9.84 Å². The number of benzene rings is 3. The molecule has 1 heterocycles. The summed E-state index contributed by atoms with van der Waals surface area (Å²) in [6, 6.07) is 17.7. The maximum atomic E-state index is 10.4. The maximum absolute atomic E-state index is 10.4. The fourth-order valence-corrected chi connectivity index (χ4v) is 3.10. The first-order valence-electron chi connectivity index (χ1n) is 7.92. The van der Waals surface area contributed by atoms with Crippen molar-refractivity contribution in [2.75, 3.05) is 7.11 Å². The van der Waals surface area contributed by atoms with Gasteiger partial charge in [0.25, 0.3) is 0 Å². The van der Waals surface area contributed by atoms with Gasteiger partial charge in [-0.15, -0.1) is 0 Å². The number of methoxy groups -OCH3 is 1. The van der Waals surface area contributed by atoms with Gasteiger partial charge in [0.2, 0.25) is 0 Å². The van der Waals surface area contributed by atoms with E-state index in [-0.39, 0.29) is 5.75 Å². The molecule has 0 aliphatic rings. The number of hydrogen-bond donors (Lipinski definition) is 1. The molecule has 0 radical (unpaired) electrons. The van der Waals surface area contributed by atoms with Gasteiger partial charge in [-0.3, -0.25) is 0 Å². The Balaban J connectivity index is 1.93. The molecule has 3 aromatic carbocycles. The summed E-state index contributed by atoms with van der Waals surface area (Å²) in [4.78, 5) is 8.12. The Hall–Kier alpha value is -3.40. The molecule has 0 saturated heterocycles. The fourth-order valence-electron chi connectivity index (χ4n) is 3.10. The first-order chi connectivity index (χ1) is 12.3. The van der Waals surface area contributed by atoms with Gasteiger partial charge in [0, 0.05) is 29.1 Å². The lowest BCUT2D eigenvalue weighted by atomic mass is 9.95. The highest BCUT2D eigenvalue weighted by atomic mass is 16.5. The number of para-hydroxylation sites is 1. The van der Waals surface area contributed by atoms with E-state index in [2.05, 4.69) is 16.0 Å². The van der Waals surface area contributed by atoms with Crippen LogP contribution in [0.2, 0.25) is 0 Å². The largest absolute Gasteiger partial charge is 0.507 e. The van der Waals surface area contributed by atoms with Gasteiger partial charge in [-0.2, -0.15) is 0 Å². The first kappa shape index (κ1) is 15.1. The van der Waals surface area contributed by atoms with E-state index in [0.29, 0.717) is 0 Å². The number of phenols is 1. The third-order valence-corrected chi connectivity index (χ3v) is 4.27. The van der Waals surface area contributed by atoms with Crippen LogP contribution >= 0.6 is 0 Å². The Morgan fingerprint density at radius 3 is 2.48 bits per heavy atom. The summed E-state index contributed by atoms with van der Waals surface area (Å²) >= 11 is 0.